The predicted molar refractivity (Wildman–Crippen MR) is 103 cm³/mol. The average Bonchev–Trinajstić information content (AvgIpc) is 3.37. The molecule has 2 bridgehead atoms. The van der Waals surface area contributed by atoms with Gasteiger partial charge in [0.05, 0.1) is 6.61 Å². The molecule has 5 atom stereocenters. The van der Waals surface area contributed by atoms with Crippen molar-refractivity contribution in [2.75, 3.05) is 13.7 Å². The van der Waals surface area contributed by atoms with E-state index < -0.39 is 17.9 Å². The Hall–Kier alpha value is -1.92. The van der Waals surface area contributed by atoms with Crippen molar-refractivity contribution in [3.8, 4) is 0 Å². The molecule has 0 radical (unpaired) electrons. The molecule has 0 aromatic heterocycles. The Morgan fingerprint density at radius 2 is 1.82 bits per heavy atom. The minimum atomic E-state index is -1.29. The molecular weight excluding hydrogens is 358 g/mol. The lowest BCUT2D eigenvalue weighted by molar-refractivity contribution is -0.156. The molecule has 1 aromatic carbocycles. The Morgan fingerprint density at radius 1 is 1.21 bits per heavy atom. The first-order valence-corrected chi connectivity index (χ1v) is 10.0. The summed E-state index contributed by atoms with van der Waals surface area (Å²) in [5, 5.41) is 9.83. The highest BCUT2D eigenvalue weighted by atomic mass is 16.6. The molecule has 6 heteroatoms. The maximum absolute atomic E-state index is 12.7. The molecule has 0 spiro atoms. The lowest BCUT2D eigenvalue weighted by Crippen LogP contribution is -2.44. The summed E-state index contributed by atoms with van der Waals surface area (Å²) in [6.45, 7) is 6.04. The number of benzene rings is 1. The van der Waals surface area contributed by atoms with Crippen LogP contribution in [0.3, 0.4) is 0 Å². The summed E-state index contributed by atoms with van der Waals surface area (Å²) in [7, 11) is 2.15. The summed E-state index contributed by atoms with van der Waals surface area (Å²) < 4.78 is 11.2. The first-order chi connectivity index (χ1) is 13.2. The molecule has 28 heavy (non-hydrogen) atoms. The van der Waals surface area contributed by atoms with Crippen molar-refractivity contribution >= 4 is 11.9 Å². The minimum Gasteiger partial charge on any atom is -0.480 e. The summed E-state index contributed by atoms with van der Waals surface area (Å²) in [5.41, 5.74) is 1.32. The van der Waals surface area contributed by atoms with Gasteiger partial charge in [-0.3, -0.25) is 14.5 Å². The van der Waals surface area contributed by atoms with Crippen molar-refractivity contribution in [2.45, 2.75) is 69.7 Å². The first kappa shape index (κ1) is 19.4. The molecule has 3 heterocycles. The van der Waals surface area contributed by atoms with Gasteiger partial charge in [0.25, 0.3) is 0 Å². The van der Waals surface area contributed by atoms with Gasteiger partial charge in [-0.05, 0) is 42.3 Å². The van der Waals surface area contributed by atoms with Gasteiger partial charge in [-0.15, -0.1) is 0 Å². The third kappa shape index (κ3) is 3.44. The molecule has 0 aliphatic carbocycles. The molecule has 1 N–H and O–H groups in total. The molecule has 3 fully saturated rings. The van der Waals surface area contributed by atoms with Gasteiger partial charge in [0.15, 0.2) is 5.92 Å². The minimum absolute atomic E-state index is 0.191. The molecule has 3 aliphatic heterocycles. The molecule has 3 aliphatic rings. The van der Waals surface area contributed by atoms with Gasteiger partial charge in [0.2, 0.25) is 0 Å². The quantitative estimate of drug-likeness (QED) is 0.475. The van der Waals surface area contributed by atoms with Crippen LogP contribution >= 0.6 is 0 Å². The highest BCUT2D eigenvalue weighted by molar-refractivity contribution is 6.00. The van der Waals surface area contributed by atoms with Gasteiger partial charge < -0.3 is 14.6 Å². The molecule has 0 amide bonds. The average molecular weight is 387 g/mol. The number of ether oxygens (including phenoxy) is 2. The van der Waals surface area contributed by atoms with E-state index in [0.717, 1.165) is 18.4 Å². The van der Waals surface area contributed by atoms with E-state index in [9.17, 15) is 14.7 Å². The highest BCUT2D eigenvalue weighted by Crippen LogP contribution is 2.52. The predicted octanol–water partition coefficient (Wildman–Crippen LogP) is 2.77. The van der Waals surface area contributed by atoms with Gasteiger partial charge in [-0.2, -0.15) is 0 Å². The molecule has 0 saturated carbocycles. The number of aliphatic carboxylic acids is 1. The Labute approximate surface area is 165 Å². The second-order valence-corrected chi connectivity index (χ2v) is 9.60. The second kappa shape index (κ2) is 6.85. The molecule has 5 unspecified atom stereocenters. The van der Waals surface area contributed by atoms with E-state index in [1.807, 2.05) is 32.9 Å². The van der Waals surface area contributed by atoms with E-state index in [1.54, 1.807) is 12.1 Å². The molecule has 4 rings (SSSR count). The van der Waals surface area contributed by atoms with Crippen molar-refractivity contribution < 1.29 is 24.2 Å². The Balaban J connectivity index is 1.59. The number of carbonyl (C=O) groups is 2. The van der Waals surface area contributed by atoms with Crippen LogP contribution in [0.4, 0.5) is 0 Å². The van der Waals surface area contributed by atoms with Crippen LogP contribution in [0.25, 0.3) is 0 Å². The molecule has 6 nitrogen and oxygen atoms in total. The van der Waals surface area contributed by atoms with Crippen LogP contribution in [-0.2, 0) is 19.1 Å². The third-order valence-electron chi connectivity index (χ3n) is 6.30. The van der Waals surface area contributed by atoms with Crippen molar-refractivity contribution in [2.24, 2.45) is 5.41 Å². The summed E-state index contributed by atoms with van der Waals surface area (Å²) in [6.07, 6.45) is 2.49. The monoisotopic (exact) mass is 387 g/mol. The fourth-order valence-corrected chi connectivity index (χ4v) is 4.88. The Kier molecular flexibility index (Phi) is 4.74. The van der Waals surface area contributed by atoms with Crippen LogP contribution < -0.4 is 0 Å². The van der Waals surface area contributed by atoms with Gasteiger partial charge >= 0.3 is 11.9 Å². The van der Waals surface area contributed by atoms with Crippen LogP contribution in [0.15, 0.2) is 24.3 Å². The van der Waals surface area contributed by atoms with E-state index in [1.165, 1.54) is 0 Å². The number of rotatable bonds is 5. The number of carbonyl (C=O) groups excluding carboxylic acids is 1. The van der Waals surface area contributed by atoms with E-state index >= 15 is 0 Å². The SMILES string of the molecule is CN1C2CC(c3ccccc3C(C(=O)O)C(=O)OCC(C)(C)C)CC1C1OC12. The highest BCUT2D eigenvalue weighted by Gasteiger charge is 2.62. The Morgan fingerprint density at radius 3 is 2.39 bits per heavy atom. The lowest BCUT2D eigenvalue weighted by atomic mass is 9.80. The number of carboxylic acid groups (broad SMARTS) is 1. The first-order valence-electron chi connectivity index (χ1n) is 10.0. The number of esters is 1. The standard InChI is InChI=1S/C22H29NO5/c1-22(2,3)11-27-21(26)17(20(24)25)14-8-6-5-7-13(14)12-9-15-18-19(28-18)16(10-12)23(15)4/h5-8,12,15-19H,9-11H2,1-4H3,(H,24,25). The summed E-state index contributed by atoms with van der Waals surface area (Å²) in [5.74, 6) is -2.90. The number of hydrogen-bond donors (Lipinski definition) is 1. The molecular formula is C22H29NO5. The van der Waals surface area contributed by atoms with Crippen molar-refractivity contribution in [3.63, 3.8) is 0 Å². The lowest BCUT2D eigenvalue weighted by Gasteiger charge is -2.39. The van der Waals surface area contributed by atoms with Crippen LogP contribution in [0, 0.1) is 5.41 Å². The van der Waals surface area contributed by atoms with Crippen molar-refractivity contribution in [1.82, 2.24) is 4.90 Å². The van der Waals surface area contributed by atoms with Crippen LogP contribution in [0.1, 0.15) is 56.6 Å². The smallest absolute Gasteiger partial charge is 0.324 e. The van der Waals surface area contributed by atoms with E-state index in [0.29, 0.717) is 29.9 Å². The van der Waals surface area contributed by atoms with E-state index in [2.05, 4.69) is 11.9 Å². The maximum Gasteiger partial charge on any atom is 0.324 e. The normalized spacial score (nSPS) is 32.5. The summed E-state index contributed by atoms with van der Waals surface area (Å²) >= 11 is 0. The third-order valence-corrected chi connectivity index (χ3v) is 6.30. The van der Waals surface area contributed by atoms with E-state index in [4.69, 9.17) is 9.47 Å². The number of nitrogens with zero attached hydrogens (tertiary/aromatic N) is 1. The van der Waals surface area contributed by atoms with Gasteiger partial charge in [-0.25, -0.2) is 0 Å². The fraction of sp³-hybridized carbons (Fsp3) is 0.636. The van der Waals surface area contributed by atoms with Crippen LogP contribution in [0.5, 0.6) is 0 Å². The zero-order valence-electron chi connectivity index (χ0n) is 16.9. The number of carboxylic acids is 1. The number of fused-ring (bicyclic) bond motifs is 5. The number of epoxide rings is 1. The summed E-state index contributed by atoms with van der Waals surface area (Å²) in [4.78, 5) is 27.1. The van der Waals surface area contributed by atoms with Crippen LogP contribution in [-0.4, -0.2) is 59.9 Å². The second-order valence-electron chi connectivity index (χ2n) is 9.60. The fourth-order valence-electron chi connectivity index (χ4n) is 4.88. The molecule has 1 aromatic rings. The maximum atomic E-state index is 12.7. The largest absolute Gasteiger partial charge is 0.480 e. The number of likely N-dealkylation sites (N-methyl/N-ethyl adjacent to an activating group) is 1. The zero-order valence-corrected chi connectivity index (χ0v) is 16.9. The summed E-state index contributed by atoms with van der Waals surface area (Å²) in [6, 6.07) is 8.22. The van der Waals surface area contributed by atoms with E-state index in [-0.39, 0.29) is 17.9 Å². The number of hydrogen-bond acceptors (Lipinski definition) is 5. The molecule has 3 saturated heterocycles. The molecule has 152 valence electrons. The van der Waals surface area contributed by atoms with Gasteiger partial charge in [-0.1, -0.05) is 45.0 Å². The number of piperidine rings is 1. The van der Waals surface area contributed by atoms with Crippen LogP contribution in [0.2, 0.25) is 0 Å². The van der Waals surface area contributed by atoms with Crippen molar-refractivity contribution in [3.05, 3.63) is 35.4 Å². The number of morpholine rings is 1. The van der Waals surface area contributed by atoms with Gasteiger partial charge in [0, 0.05) is 12.1 Å². The van der Waals surface area contributed by atoms with Crippen molar-refractivity contribution in [1.29, 1.82) is 0 Å². The topological polar surface area (TPSA) is 79.4 Å². The van der Waals surface area contributed by atoms with Gasteiger partial charge in [0.1, 0.15) is 12.2 Å². The Bertz CT molecular complexity index is 767. The zero-order chi connectivity index (χ0) is 20.2.